The monoisotopic (exact) mass is 485 g/mol. The maximum atomic E-state index is 13.5. The molecule has 2 aliphatic heterocycles. The fourth-order valence-electron chi connectivity index (χ4n) is 4.75. The molecule has 0 aromatic heterocycles. The topological polar surface area (TPSA) is 52.7 Å². The van der Waals surface area contributed by atoms with Crippen LogP contribution in [0.3, 0.4) is 0 Å². The van der Waals surface area contributed by atoms with E-state index in [0.717, 1.165) is 43.6 Å². The van der Waals surface area contributed by atoms with Crippen molar-refractivity contribution in [2.24, 2.45) is 0 Å². The van der Waals surface area contributed by atoms with E-state index in [1.165, 1.54) is 9.21 Å². The smallest absolute Gasteiger partial charge is 0.368 e. The van der Waals surface area contributed by atoms with Crippen LogP contribution in [0.1, 0.15) is 36.8 Å². The average molecular weight is 486 g/mol. The summed E-state index contributed by atoms with van der Waals surface area (Å²) in [5.41, 5.74) is -0.202. The number of hydrogen-bond acceptors (Lipinski definition) is 4. The highest BCUT2D eigenvalue weighted by Crippen LogP contribution is 2.38. The lowest BCUT2D eigenvalue weighted by molar-refractivity contribution is -0.137. The number of sulfonamides is 1. The largest absolute Gasteiger partial charge is 0.418 e. The minimum atomic E-state index is -4.71. The molecule has 180 valence electrons. The predicted molar refractivity (Wildman–Crippen MR) is 118 cm³/mol. The third kappa shape index (κ3) is 5.02. The first-order chi connectivity index (χ1) is 15.6. The van der Waals surface area contributed by atoms with E-state index in [1.54, 1.807) is 25.1 Å². The number of benzene rings is 2. The Hall–Kier alpha value is -2.17. The summed E-state index contributed by atoms with van der Waals surface area (Å²) in [6, 6.07) is 9.02. The number of halogens is 4. The van der Waals surface area contributed by atoms with Gasteiger partial charge in [-0.05, 0) is 74.7 Å². The van der Waals surface area contributed by atoms with E-state index in [-0.39, 0.29) is 30.2 Å². The van der Waals surface area contributed by atoms with Gasteiger partial charge in [0.1, 0.15) is 5.82 Å². The zero-order chi connectivity index (χ0) is 23.8. The van der Waals surface area contributed by atoms with Crippen molar-refractivity contribution in [1.82, 2.24) is 9.62 Å². The third-order valence-electron chi connectivity index (χ3n) is 6.45. The molecule has 0 unspecified atom stereocenters. The molecule has 0 saturated carbocycles. The van der Waals surface area contributed by atoms with E-state index in [9.17, 15) is 26.0 Å². The van der Waals surface area contributed by atoms with Crippen LogP contribution < -0.4 is 10.2 Å². The van der Waals surface area contributed by atoms with Gasteiger partial charge in [-0.3, -0.25) is 0 Å². The van der Waals surface area contributed by atoms with E-state index in [0.29, 0.717) is 12.0 Å². The molecule has 5 nitrogen and oxygen atoms in total. The van der Waals surface area contributed by atoms with Gasteiger partial charge in [0, 0.05) is 31.4 Å². The summed E-state index contributed by atoms with van der Waals surface area (Å²) in [7, 11) is -3.81. The summed E-state index contributed by atoms with van der Waals surface area (Å²) in [5, 5.41) is 3.30. The van der Waals surface area contributed by atoms with E-state index >= 15 is 0 Å². The summed E-state index contributed by atoms with van der Waals surface area (Å²) < 4.78 is 82.0. The number of anilines is 1. The Morgan fingerprint density at radius 2 is 1.76 bits per heavy atom. The van der Waals surface area contributed by atoms with Crippen molar-refractivity contribution in [3.8, 4) is 0 Å². The SMILES string of the molecule is C[C@@H]1CN(c2ccc(F)cc2C(F)(F)F)CCN1S(=O)(=O)c1cccc(C2CCNCC2)c1. The van der Waals surface area contributed by atoms with Gasteiger partial charge in [0.15, 0.2) is 0 Å². The minimum absolute atomic E-state index is 0.0375. The Morgan fingerprint density at radius 1 is 1.03 bits per heavy atom. The Labute approximate surface area is 191 Å². The molecule has 4 rings (SSSR count). The lowest BCUT2D eigenvalue weighted by Crippen LogP contribution is -2.54. The van der Waals surface area contributed by atoms with Crippen LogP contribution in [-0.4, -0.2) is 51.5 Å². The third-order valence-corrected chi connectivity index (χ3v) is 8.46. The summed E-state index contributed by atoms with van der Waals surface area (Å²) in [6.07, 6.45) is -2.82. The molecule has 0 spiro atoms. The maximum Gasteiger partial charge on any atom is 0.418 e. The van der Waals surface area contributed by atoms with Gasteiger partial charge in [-0.1, -0.05) is 12.1 Å². The Kier molecular flexibility index (Phi) is 6.70. The number of piperidine rings is 1. The zero-order valence-electron chi connectivity index (χ0n) is 18.3. The van der Waals surface area contributed by atoms with Gasteiger partial charge in [0.2, 0.25) is 10.0 Å². The summed E-state index contributed by atoms with van der Waals surface area (Å²) in [5.74, 6) is -0.663. The molecule has 2 aliphatic rings. The van der Waals surface area contributed by atoms with Crippen molar-refractivity contribution in [2.75, 3.05) is 37.6 Å². The van der Waals surface area contributed by atoms with Crippen molar-refractivity contribution in [3.63, 3.8) is 0 Å². The second-order valence-corrected chi connectivity index (χ2v) is 10.6. The molecule has 2 saturated heterocycles. The summed E-state index contributed by atoms with van der Waals surface area (Å²) in [6.45, 7) is 3.65. The number of nitrogens with zero attached hydrogens (tertiary/aromatic N) is 2. The highest BCUT2D eigenvalue weighted by molar-refractivity contribution is 7.89. The van der Waals surface area contributed by atoms with Gasteiger partial charge in [0.05, 0.1) is 10.5 Å². The molecular formula is C23H27F4N3O2S. The minimum Gasteiger partial charge on any atom is -0.368 e. The first-order valence-corrected chi connectivity index (χ1v) is 12.5. The van der Waals surface area contributed by atoms with Crippen LogP contribution in [0.25, 0.3) is 0 Å². The van der Waals surface area contributed by atoms with Crippen molar-refractivity contribution in [1.29, 1.82) is 0 Å². The van der Waals surface area contributed by atoms with Crippen molar-refractivity contribution >= 4 is 15.7 Å². The fraction of sp³-hybridized carbons (Fsp3) is 0.478. The van der Waals surface area contributed by atoms with Gasteiger partial charge in [-0.25, -0.2) is 12.8 Å². The zero-order valence-corrected chi connectivity index (χ0v) is 19.1. The standard InChI is InChI=1S/C23H27F4N3O2S/c1-16-15-29(22-6-5-19(24)14-21(22)23(25,26)27)11-12-30(16)33(31,32)20-4-2-3-18(13-20)17-7-9-28-10-8-17/h2-6,13-14,16-17,28H,7-12,15H2,1H3/t16-/m1/s1. The molecule has 0 radical (unpaired) electrons. The molecule has 2 aromatic carbocycles. The van der Waals surface area contributed by atoms with Crippen LogP contribution >= 0.6 is 0 Å². The van der Waals surface area contributed by atoms with Gasteiger partial charge < -0.3 is 10.2 Å². The van der Waals surface area contributed by atoms with E-state index < -0.39 is 33.6 Å². The number of piperazine rings is 1. The number of hydrogen-bond donors (Lipinski definition) is 1. The molecule has 10 heteroatoms. The second kappa shape index (κ2) is 9.23. The van der Waals surface area contributed by atoms with Gasteiger partial charge in [-0.15, -0.1) is 0 Å². The molecule has 1 N–H and O–H groups in total. The molecule has 0 amide bonds. The van der Waals surface area contributed by atoms with Crippen LogP contribution in [0.2, 0.25) is 0 Å². The fourth-order valence-corrected chi connectivity index (χ4v) is 6.42. The molecular weight excluding hydrogens is 458 g/mol. The van der Waals surface area contributed by atoms with Crippen LogP contribution in [0.15, 0.2) is 47.4 Å². The molecule has 2 aromatic rings. The molecule has 2 heterocycles. The first-order valence-electron chi connectivity index (χ1n) is 11.0. The van der Waals surface area contributed by atoms with Crippen molar-refractivity contribution in [3.05, 3.63) is 59.4 Å². The van der Waals surface area contributed by atoms with Gasteiger partial charge in [-0.2, -0.15) is 17.5 Å². The van der Waals surface area contributed by atoms with E-state index in [2.05, 4.69) is 5.32 Å². The average Bonchev–Trinajstić information content (AvgIpc) is 2.79. The Balaban J connectivity index is 1.55. The van der Waals surface area contributed by atoms with Crippen LogP contribution in [0, 0.1) is 5.82 Å². The van der Waals surface area contributed by atoms with Crippen LogP contribution in [0.4, 0.5) is 23.2 Å². The highest BCUT2D eigenvalue weighted by atomic mass is 32.2. The van der Waals surface area contributed by atoms with Gasteiger partial charge >= 0.3 is 6.18 Å². The summed E-state index contributed by atoms with van der Waals surface area (Å²) >= 11 is 0. The van der Waals surface area contributed by atoms with Crippen LogP contribution in [0.5, 0.6) is 0 Å². The van der Waals surface area contributed by atoms with Crippen molar-refractivity contribution in [2.45, 2.75) is 42.8 Å². The lowest BCUT2D eigenvalue weighted by atomic mass is 9.90. The van der Waals surface area contributed by atoms with Crippen molar-refractivity contribution < 1.29 is 26.0 Å². The molecule has 33 heavy (non-hydrogen) atoms. The van der Waals surface area contributed by atoms with E-state index in [4.69, 9.17) is 0 Å². The Bertz CT molecular complexity index is 1100. The number of nitrogens with one attached hydrogen (secondary N) is 1. The maximum absolute atomic E-state index is 13.5. The quantitative estimate of drug-likeness (QED) is 0.660. The lowest BCUT2D eigenvalue weighted by Gasteiger charge is -2.40. The number of alkyl halides is 3. The van der Waals surface area contributed by atoms with E-state index in [1.807, 2.05) is 6.07 Å². The molecule has 0 bridgehead atoms. The predicted octanol–water partition coefficient (Wildman–Crippen LogP) is 4.21. The summed E-state index contributed by atoms with van der Waals surface area (Å²) in [4.78, 5) is 1.68. The first kappa shape index (κ1) is 24.0. The Morgan fingerprint density at radius 3 is 2.42 bits per heavy atom. The second-order valence-electron chi connectivity index (χ2n) is 8.67. The number of rotatable bonds is 4. The molecule has 2 fully saturated rings. The van der Waals surface area contributed by atoms with Crippen LogP contribution in [-0.2, 0) is 16.2 Å². The highest BCUT2D eigenvalue weighted by Gasteiger charge is 2.39. The molecule has 1 atom stereocenters. The molecule has 0 aliphatic carbocycles. The normalized spacial score (nSPS) is 21.4. The van der Waals surface area contributed by atoms with Gasteiger partial charge in [0.25, 0.3) is 0 Å².